The van der Waals surface area contributed by atoms with E-state index in [9.17, 15) is 13.2 Å². The molecule has 1 atom stereocenters. The molecular weight excluding hydrogens is 198 g/mol. The number of aliphatic hydroxyl groups excluding tert-OH is 1. The maximum absolute atomic E-state index is 10.9. The minimum absolute atomic E-state index is 0.200. The van der Waals surface area contributed by atoms with E-state index < -0.39 is 22.2 Å². The summed E-state index contributed by atoms with van der Waals surface area (Å²) >= 11 is 0. The molecule has 6 nitrogen and oxygen atoms in total. The molecule has 0 radical (unpaired) electrons. The zero-order chi connectivity index (χ0) is 10.5. The lowest BCUT2D eigenvalue weighted by Crippen LogP contribution is -2.25. The van der Waals surface area contributed by atoms with E-state index >= 15 is 0 Å². The van der Waals surface area contributed by atoms with Crippen molar-refractivity contribution in [2.24, 2.45) is 5.73 Å². The van der Waals surface area contributed by atoms with E-state index in [0.29, 0.717) is 0 Å². The second kappa shape index (κ2) is 5.15. The monoisotopic (exact) mass is 211 g/mol. The van der Waals surface area contributed by atoms with Gasteiger partial charge in [-0.15, -0.1) is 0 Å². The van der Waals surface area contributed by atoms with Crippen LogP contribution >= 0.6 is 0 Å². The van der Waals surface area contributed by atoms with E-state index in [1.165, 1.54) is 0 Å². The lowest BCUT2D eigenvalue weighted by molar-refractivity contribution is -0.142. The molecule has 0 amide bonds. The minimum Gasteiger partial charge on any atom is -0.382 e. The molecule has 0 aromatic carbocycles. The largest absolute Gasteiger partial charge is 0.382 e. The normalized spacial score (nSPS) is 13.8. The van der Waals surface area contributed by atoms with Crippen LogP contribution in [0.15, 0.2) is 0 Å². The lowest BCUT2D eigenvalue weighted by Gasteiger charge is -2.05. The smallest absolute Gasteiger partial charge is 0.350 e. The first-order valence-corrected chi connectivity index (χ1v) is 5.31. The number of carbonyl (C=O) groups is 1. The molecule has 0 saturated carbocycles. The second-order valence-electron chi connectivity index (χ2n) is 2.48. The van der Waals surface area contributed by atoms with Crippen LogP contribution < -0.4 is 5.73 Å². The van der Waals surface area contributed by atoms with Crippen LogP contribution in [0.5, 0.6) is 0 Å². The summed E-state index contributed by atoms with van der Waals surface area (Å²) in [4.78, 5) is 10.6. The zero-order valence-corrected chi connectivity index (χ0v) is 8.08. The van der Waals surface area contributed by atoms with E-state index in [2.05, 4.69) is 4.18 Å². The molecule has 0 spiro atoms. The van der Waals surface area contributed by atoms with Crippen LogP contribution in [0.4, 0.5) is 0 Å². The SMILES string of the molecule is CC(O)C(=O)OS(=O)(=O)CCCN. The van der Waals surface area contributed by atoms with Gasteiger partial charge in [-0.1, -0.05) is 0 Å². The number of carbonyl (C=O) groups excluding carboxylic acids is 1. The maximum atomic E-state index is 10.9. The fraction of sp³-hybridized carbons (Fsp3) is 0.833. The van der Waals surface area contributed by atoms with Crippen LogP contribution in [0.2, 0.25) is 0 Å². The Labute approximate surface area is 76.8 Å². The van der Waals surface area contributed by atoms with E-state index in [1.807, 2.05) is 0 Å². The minimum atomic E-state index is -3.88. The van der Waals surface area contributed by atoms with Crippen molar-refractivity contribution in [1.82, 2.24) is 0 Å². The van der Waals surface area contributed by atoms with Crippen LogP contribution in [-0.4, -0.2) is 37.9 Å². The average Bonchev–Trinajstić information content (AvgIpc) is 2.00. The summed E-state index contributed by atoms with van der Waals surface area (Å²) in [5.74, 6) is -1.49. The van der Waals surface area contributed by atoms with Gasteiger partial charge in [-0.25, -0.2) is 4.79 Å². The molecule has 0 heterocycles. The van der Waals surface area contributed by atoms with Crippen molar-refractivity contribution in [1.29, 1.82) is 0 Å². The Morgan fingerprint density at radius 1 is 1.62 bits per heavy atom. The summed E-state index contributed by atoms with van der Waals surface area (Å²) in [5, 5.41) is 8.65. The Balaban J connectivity index is 4.11. The maximum Gasteiger partial charge on any atom is 0.350 e. The highest BCUT2D eigenvalue weighted by Crippen LogP contribution is 1.98. The van der Waals surface area contributed by atoms with Crippen molar-refractivity contribution in [3.63, 3.8) is 0 Å². The predicted molar refractivity (Wildman–Crippen MR) is 45.2 cm³/mol. The first kappa shape index (κ1) is 12.3. The number of hydrogen-bond acceptors (Lipinski definition) is 6. The van der Waals surface area contributed by atoms with Crippen molar-refractivity contribution in [3.05, 3.63) is 0 Å². The van der Waals surface area contributed by atoms with Crippen LogP contribution in [0.1, 0.15) is 13.3 Å². The van der Waals surface area contributed by atoms with Gasteiger partial charge in [0.2, 0.25) is 0 Å². The summed E-state index contributed by atoms with van der Waals surface area (Å²) in [7, 11) is -3.88. The highest BCUT2D eigenvalue weighted by molar-refractivity contribution is 7.87. The second-order valence-corrected chi connectivity index (χ2v) is 4.17. The Morgan fingerprint density at radius 2 is 2.15 bits per heavy atom. The summed E-state index contributed by atoms with van der Waals surface area (Å²) in [5.41, 5.74) is 5.07. The van der Waals surface area contributed by atoms with Gasteiger partial charge < -0.3 is 15.0 Å². The molecule has 0 aromatic heterocycles. The van der Waals surface area contributed by atoms with Gasteiger partial charge in [0.05, 0.1) is 5.75 Å². The van der Waals surface area contributed by atoms with Gasteiger partial charge in [0, 0.05) is 0 Å². The molecule has 0 aliphatic carbocycles. The molecule has 0 aliphatic heterocycles. The molecule has 0 saturated heterocycles. The topological polar surface area (TPSA) is 107 Å². The fourth-order valence-corrected chi connectivity index (χ4v) is 1.49. The summed E-state index contributed by atoms with van der Waals surface area (Å²) < 4.78 is 25.8. The third kappa shape index (κ3) is 5.56. The Bertz CT molecular complexity index is 258. The summed E-state index contributed by atoms with van der Waals surface area (Å²) in [6.07, 6.45) is -1.22. The van der Waals surface area contributed by atoms with Gasteiger partial charge in [-0.3, -0.25) is 0 Å². The molecule has 0 aliphatic rings. The summed E-state index contributed by atoms with van der Waals surface area (Å²) in [6, 6.07) is 0. The Morgan fingerprint density at radius 3 is 2.54 bits per heavy atom. The number of nitrogens with two attached hydrogens (primary N) is 1. The van der Waals surface area contributed by atoms with Crippen LogP contribution in [0, 0.1) is 0 Å². The molecule has 7 heteroatoms. The first-order chi connectivity index (χ1) is 5.89. The average molecular weight is 211 g/mol. The molecule has 3 N–H and O–H groups in total. The third-order valence-electron chi connectivity index (χ3n) is 1.15. The standard InChI is InChI=1S/C6H13NO5S/c1-5(8)6(9)12-13(10,11)4-2-3-7/h5,8H,2-4,7H2,1H3. The first-order valence-electron chi connectivity index (χ1n) is 3.73. The zero-order valence-electron chi connectivity index (χ0n) is 7.26. The molecular formula is C6H13NO5S. The van der Waals surface area contributed by atoms with E-state index in [-0.39, 0.29) is 18.7 Å². The van der Waals surface area contributed by atoms with E-state index in [1.54, 1.807) is 0 Å². The highest BCUT2D eigenvalue weighted by Gasteiger charge is 2.19. The molecule has 0 aromatic rings. The Hall–Kier alpha value is -0.660. The molecule has 78 valence electrons. The van der Waals surface area contributed by atoms with Gasteiger partial charge in [0.1, 0.15) is 6.10 Å². The molecule has 0 fully saturated rings. The number of rotatable bonds is 5. The van der Waals surface area contributed by atoms with Crippen molar-refractivity contribution in [3.8, 4) is 0 Å². The van der Waals surface area contributed by atoms with Crippen molar-refractivity contribution >= 4 is 16.1 Å². The number of aliphatic hydroxyl groups is 1. The van der Waals surface area contributed by atoms with Crippen molar-refractivity contribution in [2.45, 2.75) is 19.4 Å². The third-order valence-corrected chi connectivity index (χ3v) is 2.36. The van der Waals surface area contributed by atoms with Crippen molar-refractivity contribution < 1.29 is 22.5 Å². The van der Waals surface area contributed by atoms with Gasteiger partial charge >= 0.3 is 16.1 Å². The van der Waals surface area contributed by atoms with Gasteiger partial charge in [0.15, 0.2) is 0 Å². The molecule has 13 heavy (non-hydrogen) atoms. The highest BCUT2D eigenvalue weighted by atomic mass is 32.2. The Kier molecular flexibility index (Phi) is 4.89. The van der Waals surface area contributed by atoms with Crippen LogP contribution in [0.25, 0.3) is 0 Å². The van der Waals surface area contributed by atoms with Gasteiger partial charge in [0.25, 0.3) is 0 Å². The molecule has 1 unspecified atom stereocenters. The summed E-state index contributed by atoms with van der Waals surface area (Å²) in [6.45, 7) is 1.33. The van der Waals surface area contributed by atoms with E-state index in [0.717, 1.165) is 6.92 Å². The van der Waals surface area contributed by atoms with E-state index in [4.69, 9.17) is 10.8 Å². The van der Waals surface area contributed by atoms with Gasteiger partial charge in [-0.2, -0.15) is 8.42 Å². The van der Waals surface area contributed by atoms with Crippen LogP contribution in [-0.2, 0) is 19.1 Å². The molecule has 0 rings (SSSR count). The van der Waals surface area contributed by atoms with Crippen molar-refractivity contribution in [2.75, 3.05) is 12.3 Å². The fourth-order valence-electron chi connectivity index (χ4n) is 0.497. The molecule has 0 bridgehead atoms. The van der Waals surface area contributed by atoms with Crippen LogP contribution in [0.3, 0.4) is 0 Å². The quantitative estimate of drug-likeness (QED) is 0.541. The lowest BCUT2D eigenvalue weighted by atomic mass is 10.4. The number of hydrogen-bond donors (Lipinski definition) is 2. The predicted octanol–water partition coefficient (Wildman–Crippen LogP) is -1.41. The van der Waals surface area contributed by atoms with Gasteiger partial charge in [-0.05, 0) is 19.9 Å².